The second kappa shape index (κ2) is 10.1. The summed E-state index contributed by atoms with van der Waals surface area (Å²) >= 11 is 0. The van der Waals surface area contributed by atoms with Crippen LogP contribution in [0.1, 0.15) is 44.2 Å². The van der Waals surface area contributed by atoms with Gasteiger partial charge >= 0.3 is 0 Å². The highest BCUT2D eigenvalue weighted by Gasteiger charge is 2.46. The molecule has 0 bridgehead atoms. The van der Waals surface area contributed by atoms with Gasteiger partial charge in [0.15, 0.2) is 9.84 Å². The number of sulfone groups is 1. The van der Waals surface area contributed by atoms with Gasteiger partial charge in [-0.2, -0.15) is 10.4 Å². The molecule has 2 fully saturated rings. The molecule has 1 saturated carbocycles. The highest BCUT2D eigenvalue weighted by molar-refractivity contribution is 7.91. The first-order chi connectivity index (χ1) is 18.1. The predicted octanol–water partition coefficient (Wildman–Crippen LogP) is 4.87. The molecule has 1 saturated heterocycles. The lowest BCUT2D eigenvalue weighted by molar-refractivity contribution is -0.132. The van der Waals surface area contributed by atoms with Crippen molar-refractivity contribution in [3.63, 3.8) is 0 Å². The van der Waals surface area contributed by atoms with Gasteiger partial charge in [-0.25, -0.2) is 21.7 Å². The van der Waals surface area contributed by atoms with Crippen molar-refractivity contribution in [1.29, 1.82) is 5.26 Å². The summed E-state index contributed by atoms with van der Waals surface area (Å²) < 4.78 is 54.4. The minimum Gasteiger partial charge on any atom is -0.369 e. The Labute approximate surface area is 221 Å². The van der Waals surface area contributed by atoms with Crippen LogP contribution >= 0.6 is 0 Å². The van der Waals surface area contributed by atoms with Crippen molar-refractivity contribution in [2.45, 2.75) is 44.4 Å². The molecule has 0 unspecified atom stereocenters. The number of Topliss-reactive ketones (excluding diaryl/α,β-unsaturated/α-hetero) is 1. The quantitative estimate of drug-likeness (QED) is 0.443. The van der Waals surface area contributed by atoms with Crippen molar-refractivity contribution in [3.8, 4) is 17.2 Å². The molecule has 2 aromatic heterocycles. The summed E-state index contributed by atoms with van der Waals surface area (Å²) in [6.07, 6.45) is 1.01. The van der Waals surface area contributed by atoms with Crippen molar-refractivity contribution in [2.75, 3.05) is 29.5 Å². The number of benzene rings is 1. The van der Waals surface area contributed by atoms with Crippen LogP contribution in [0.2, 0.25) is 0 Å². The van der Waals surface area contributed by atoms with Crippen LogP contribution in [0, 0.1) is 23.2 Å². The molecule has 5 rings (SSSR count). The molecule has 3 heterocycles. The number of rotatable bonds is 6. The van der Waals surface area contributed by atoms with Gasteiger partial charge in [0, 0.05) is 61.6 Å². The van der Waals surface area contributed by atoms with E-state index in [-0.39, 0.29) is 36.6 Å². The lowest BCUT2D eigenvalue weighted by Crippen LogP contribution is -2.40. The lowest BCUT2D eigenvalue weighted by Gasteiger charge is -2.35. The van der Waals surface area contributed by atoms with E-state index < -0.39 is 39.9 Å². The van der Waals surface area contributed by atoms with Gasteiger partial charge in [-0.1, -0.05) is 18.2 Å². The first kappa shape index (κ1) is 26.3. The third-order valence-electron chi connectivity index (χ3n) is 7.75. The van der Waals surface area contributed by atoms with Gasteiger partial charge in [-0.05, 0) is 43.2 Å². The molecule has 0 radical (unpaired) electrons. The van der Waals surface area contributed by atoms with Crippen molar-refractivity contribution < 1.29 is 22.0 Å². The molecule has 2 aliphatic rings. The molecular weight excluding hydrogens is 510 g/mol. The standard InChI is InChI=1S/C28H30F2N4O3S/c1-19(18-31)16-25(35)23-17-28(29,30)10-9-22(23)27-26(24-4-2-3-11-34(24)32-27)20-5-7-21(8-6-20)33-12-14-38(36,37)15-13-33/h2-8,11,19,22-23H,9-10,12-17H2,1H3/t19-,22-,23-/m1/s1. The Balaban J connectivity index is 1.53. The molecule has 0 amide bonds. The van der Waals surface area contributed by atoms with E-state index in [0.717, 1.165) is 22.3 Å². The molecule has 7 nitrogen and oxygen atoms in total. The van der Waals surface area contributed by atoms with E-state index in [2.05, 4.69) is 0 Å². The van der Waals surface area contributed by atoms with Gasteiger partial charge in [0.2, 0.25) is 5.92 Å². The predicted molar refractivity (Wildman–Crippen MR) is 141 cm³/mol. The molecule has 3 atom stereocenters. The molecule has 1 aromatic carbocycles. The minimum atomic E-state index is -2.99. The average molecular weight is 541 g/mol. The van der Waals surface area contributed by atoms with Crippen molar-refractivity contribution in [2.24, 2.45) is 11.8 Å². The summed E-state index contributed by atoms with van der Waals surface area (Å²) in [7, 11) is -2.99. The zero-order valence-electron chi connectivity index (χ0n) is 21.2. The van der Waals surface area contributed by atoms with E-state index in [1.807, 2.05) is 53.4 Å². The summed E-state index contributed by atoms with van der Waals surface area (Å²) in [5.74, 6) is -4.96. The van der Waals surface area contributed by atoms with Crippen LogP contribution < -0.4 is 4.90 Å². The molecule has 0 N–H and O–H groups in total. The van der Waals surface area contributed by atoms with Crippen LogP contribution in [0.4, 0.5) is 14.5 Å². The highest BCUT2D eigenvalue weighted by Crippen LogP contribution is 2.48. The summed E-state index contributed by atoms with van der Waals surface area (Å²) in [6, 6.07) is 15.5. The first-order valence-corrected chi connectivity index (χ1v) is 14.7. The number of pyridine rings is 1. The Hall–Kier alpha value is -3.32. The Kier molecular flexibility index (Phi) is 6.99. The molecule has 1 aliphatic carbocycles. The third-order valence-corrected chi connectivity index (χ3v) is 9.36. The Bertz CT molecular complexity index is 1480. The van der Waals surface area contributed by atoms with Gasteiger partial charge in [-0.15, -0.1) is 0 Å². The smallest absolute Gasteiger partial charge is 0.248 e. The van der Waals surface area contributed by atoms with E-state index in [4.69, 9.17) is 5.10 Å². The van der Waals surface area contributed by atoms with Crippen LogP contribution in [0.15, 0.2) is 48.7 Å². The van der Waals surface area contributed by atoms with Crippen molar-refractivity contribution in [3.05, 3.63) is 54.4 Å². The summed E-state index contributed by atoms with van der Waals surface area (Å²) in [5.41, 5.74) is 4.00. The highest BCUT2D eigenvalue weighted by atomic mass is 32.2. The summed E-state index contributed by atoms with van der Waals surface area (Å²) in [6.45, 7) is 2.50. The van der Waals surface area contributed by atoms with Crippen LogP contribution in [-0.4, -0.2) is 54.3 Å². The van der Waals surface area contributed by atoms with Crippen LogP contribution in [-0.2, 0) is 14.6 Å². The number of hydrogen-bond donors (Lipinski definition) is 0. The number of anilines is 1. The fourth-order valence-corrected chi connectivity index (χ4v) is 6.88. The average Bonchev–Trinajstić information content (AvgIpc) is 3.27. The number of halogens is 2. The molecule has 0 spiro atoms. The zero-order valence-corrected chi connectivity index (χ0v) is 22.0. The number of carbonyl (C=O) groups excluding carboxylic acids is 1. The zero-order chi connectivity index (χ0) is 27.1. The Morgan fingerprint density at radius 3 is 2.58 bits per heavy atom. The van der Waals surface area contributed by atoms with Crippen LogP contribution in [0.5, 0.6) is 0 Å². The Morgan fingerprint density at radius 1 is 1.18 bits per heavy atom. The number of fused-ring (bicyclic) bond motifs is 1. The van der Waals surface area contributed by atoms with Gasteiger partial charge in [0.25, 0.3) is 0 Å². The number of carbonyl (C=O) groups is 1. The number of hydrogen-bond acceptors (Lipinski definition) is 6. The topological polar surface area (TPSA) is 95.5 Å². The molecule has 38 heavy (non-hydrogen) atoms. The molecular formula is C28H30F2N4O3S. The molecule has 3 aromatic rings. The molecule has 200 valence electrons. The maximum Gasteiger partial charge on any atom is 0.248 e. The third kappa shape index (κ3) is 5.30. The van der Waals surface area contributed by atoms with E-state index in [0.29, 0.717) is 18.8 Å². The van der Waals surface area contributed by atoms with Gasteiger partial charge in [-0.3, -0.25) is 4.79 Å². The van der Waals surface area contributed by atoms with E-state index in [9.17, 15) is 27.3 Å². The van der Waals surface area contributed by atoms with Crippen molar-refractivity contribution >= 4 is 26.8 Å². The van der Waals surface area contributed by atoms with E-state index in [1.165, 1.54) is 0 Å². The van der Waals surface area contributed by atoms with Crippen molar-refractivity contribution in [1.82, 2.24) is 9.61 Å². The second-order valence-corrected chi connectivity index (χ2v) is 12.8. The minimum absolute atomic E-state index is 0.0588. The molecule has 10 heteroatoms. The first-order valence-electron chi connectivity index (χ1n) is 12.9. The summed E-state index contributed by atoms with van der Waals surface area (Å²) in [4.78, 5) is 15.2. The van der Waals surface area contributed by atoms with Gasteiger partial charge < -0.3 is 4.90 Å². The van der Waals surface area contributed by atoms with Gasteiger partial charge in [0.05, 0.1) is 34.7 Å². The monoisotopic (exact) mass is 540 g/mol. The number of ketones is 1. The van der Waals surface area contributed by atoms with E-state index in [1.54, 1.807) is 17.6 Å². The second-order valence-electron chi connectivity index (χ2n) is 10.5. The molecule has 1 aliphatic heterocycles. The number of nitriles is 1. The lowest BCUT2D eigenvalue weighted by atomic mass is 9.71. The maximum atomic E-state index is 14.5. The summed E-state index contributed by atoms with van der Waals surface area (Å²) in [5, 5.41) is 14.0. The largest absolute Gasteiger partial charge is 0.369 e. The fourth-order valence-electron chi connectivity index (χ4n) is 5.68. The maximum absolute atomic E-state index is 14.5. The number of nitrogens with zero attached hydrogens (tertiary/aromatic N) is 4. The van der Waals surface area contributed by atoms with Crippen LogP contribution in [0.25, 0.3) is 16.6 Å². The Morgan fingerprint density at radius 2 is 1.89 bits per heavy atom. The van der Waals surface area contributed by atoms with E-state index >= 15 is 0 Å². The number of alkyl halides is 2. The number of aromatic nitrogens is 2. The SMILES string of the molecule is C[C@@H](C#N)CC(=O)[C@@H]1CC(F)(F)CC[C@H]1c1nn2ccccc2c1-c1ccc(N2CCS(=O)(=O)CC2)cc1. The normalized spacial score (nSPS) is 23.6. The van der Waals surface area contributed by atoms with Crippen LogP contribution in [0.3, 0.4) is 0 Å². The fraction of sp³-hybridized carbons (Fsp3) is 0.464. The van der Waals surface area contributed by atoms with Gasteiger partial charge in [0.1, 0.15) is 5.78 Å².